The highest BCUT2D eigenvalue weighted by atomic mass is 35.5. The van der Waals surface area contributed by atoms with Gasteiger partial charge in [0.1, 0.15) is 17.4 Å². The second-order valence-corrected chi connectivity index (χ2v) is 5.12. The van der Waals surface area contributed by atoms with E-state index in [0.717, 1.165) is 0 Å². The number of nitrogens with one attached hydrogen (secondary N) is 2. The smallest absolute Gasteiger partial charge is 0.220 e. The van der Waals surface area contributed by atoms with Gasteiger partial charge >= 0.3 is 0 Å². The molecular weight excluding hydrogens is 311 g/mol. The second kappa shape index (κ2) is 6.15. The standard InChI is InChI=1S/C14H12ClFN4O2/c15-12-6-9(22-20-12)2-4-14(21)17-7-13-18-10-3-1-8(16)5-11(10)19-13/h1,3,5-6H,2,4,7H2,(H,17,21)(H,18,19). The zero-order chi connectivity index (χ0) is 15.5. The molecule has 0 aliphatic carbocycles. The van der Waals surface area contributed by atoms with E-state index in [1.54, 1.807) is 12.1 Å². The summed E-state index contributed by atoms with van der Waals surface area (Å²) >= 11 is 5.62. The number of hydrogen-bond acceptors (Lipinski definition) is 4. The van der Waals surface area contributed by atoms with Gasteiger partial charge in [-0.25, -0.2) is 9.37 Å². The Labute approximate surface area is 129 Å². The molecule has 1 amide bonds. The van der Waals surface area contributed by atoms with Crippen molar-refractivity contribution in [2.24, 2.45) is 0 Å². The Balaban J connectivity index is 1.53. The van der Waals surface area contributed by atoms with Crippen LogP contribution in [0.2, 0.25) is 5.15 Å². The SMILES string of the molecule is O=C(CCc1cc(Cl)no1)NCc1nc2ccc(F)cc2[nH]1. The number of rotatable bonds is 5. The number of halogens is 2. The fraction of sp³-hybridized carbons (Fsp3) is 0.214. The van der Waals surface area contributed by atoms with Crippen LogP contribution in [0.4, 0.5) is 4.39 Å². The molecule has 0 aliphatic rings. The summed E-state index contributed by atoms with van der Waals surface area (Å²) < 4.78 is 18.0. The molecule has 3 rings (SSSR count). The first-order valence-corrected chi connectivity index (χ1v) is 7.00. The topological polar surface area (TPSA) is 83.8 Å². The van der Waals surface area contributed by atoms with Gasteiger partial charge in [-0.05, 0) is 18.2 Å². The third-order valence-electron chi connectivity index (χ3n) is 3.07. The number of amides is 1. The second-order valence-electron chi connectivity index (χ2n) is 4.74. The molecule has 3 aromatic rings. The zero-order valence-corrected chi connectivity index (χ0v) is 12.2. The Morgan fingerprint density at radius 2 is 2.27 bits per heavy atom. The maximum absolute atomic E-state index is 13.1. The lowest BCUT2D eigenvalue weighted by Gasteiger charge is -2.01. The number of aromatic amines is 1. The van der Waals surface area contributed by atoms with Crippen molar-refractivity contribution >= 4 is 28.5 Å². The molecule has 8 heteroatoms. The van der Waals surface area contributed by atoms with Crippen LogP contribution in [0.1, 0.15) is 18.0 Å². The number of hydrogen-bond donors (Lipinski definition) is 2. The van der Waals surface area contributed by atoms with Crippen LogP contribution < -0.4 is 5.32 Å². The zero-order valence-electron chi connectivity index (χ0n) is 11.4. The Bertz CT molecular complexity index is 814. The van der Waals surface area contributed by atoms with Crippen molar-refractivity contribution in [3.63, 3.8) is 0 Å². The van der Waals surface area contributed by atoms with Crippen LogP contribution in [0.3, 0.4) is 0 Å². The maximum Gasteiger partial charge on any atom is 0.220 e. The van der Waals surface area contributed by atoms with E-state index in [-0.39, 0.29) is 29.8 Å². The molecular formula is C14H12ClFN4O2. The summed E-state index contributed by atoms with van der Waals surface area (Å²) in [5.41, 5.74) is 1.25. The number of benzene rings is 1. The fourth-order valence-corrected chi connectivity index (χ4v) is 2.19. The molecule has 0 saturated heterocycles. The number of carbonyl (C=O) groups excluding carboxylic acids is 1. The lowest BCUT2D eigenvalue weighted by Crippen LogP contribution is -2.23. The first kappa shape index (κ1) is 14.5. The average Bonchev–Trinajstić information content (AvgIpc) is 3.08. The Kier molecular flexibility index (Phi) is 4.06. The quantitative estimate of drug-likeness (QED) is 0.756. The van der Waals surface area contributed by atoms with E-state index in [0.29, 0.717) is 29.0 Å². The number of aromatic nitrogens is 3. The molecule has 0 radical (unpaired) electrons. The molecule has 0 spiro atoms. The van der Waals surface area contributed by atoms with E-state index in [4.69, 9.17) is 16.1 Å². The predicted molar refractivity (Wildman–Crippen MR) is 77.7 cm³/mol. The summed E-state index contributed by atoms with van der Waals surface area (Å²) in [7, 11) is 0. The molecule has 2 heterocycles. The highest BCUT2D eigenvalue weighted by Crippen LogP contribution is 2.13. The first-order chi connectivity index (χ1) is 10.6. The molecule has 22 heavy (non-hydrogen) atoms. The fourth-order valence-electron chi connectivity index (χ4n) is 2.03. The highest BCUT2D eigenvalue weighted by Gasteiger charge is 2.08. The maximum atomic E-state index is 13.1. The van der Waals surface area contributed by atoms with Crippen molar-refractivity contribution in [2.75, 3.05) is 0 Å². The van der Waals surface area contributed by atoms with Crippen molar-refractivity contribution in [3.05, 3.63) is 46.8 Å². The van der Waals surface area contributed by atoms with Gasteiger partial charge < -0.3 is 14.8 Å². The van der Waals surface area contributed by atoms with Gasteiger partial charge in [0.25, 0.3) is 0 Å². The van der Waals surface area contributed by atoms with E-state index >= 15 is 0 Å². The molecule has 0 fully saturated rings. The van der Waals surface area contributed by atoms with Gasteiger partial charge in [0.2, 0.25) is 5.91 Å². The minimum Gasteiger partial charge on any atom is -0.360 e. The lowest BCUT2D eigenvalue weighted by molar-refractivity contribution is -0.121. The van der Waals surface area contributed by atoms with Gasteiger partial charge in [0.15, 0.2) is 5.15 Å². The number of aryl methyl sites for hydroxylation is 1. The van der Waals surface area contributed by atoms with Gasteiger partial charge in [-0.1, -0.05) is 16.8 Å². The summed E-state index contributed by atoms with van der Waals surface area (Å²) in [5, 5.41) is 6.53. The van der Waals surface area contributed by atoms with Gasteiger partial charge in [0, 0.05) is 18.9 Å². The van der Waals surface area contributed by atoms with E-state index < -0.39 is 0 Å². The van der Waals surface area contributed by atoms with Gasteiger partial charge in [-0.2, -0.15) is 0 Å². The van der Waals surface area contributed by atoms with Crippen molar-refractivity contribution in [3.8, 4) is 0 Å². The number of H-pyrrole nitrogens is 1. The average molecular weight is 323 g/mol. The lowest BCUT2D eigenvalue weighted by atomic mass is 10.2. The predicted octanol–water partition coefficient (Wildman–Crippen LogP) is 2.59. The van der Waals surface area contributed by atoms with Crippen molar-refractivity contribution < 1.29 is 13.7 Å². The molecule has 2 N–H and O–H groups in total. The normalized spacial score (nSPS) is 11.0. The summed E-state index contributed by atoms with van der Waals surface area (Å²) in [6.45, 7) is 0.242. The third kappa shape index (κ3) is 3.43. The summed E-state index contributed by atoms with van der Waals surface area (Å²) in [6, 6.07) is 5.86. The molecule has 0 saturated carbocycles. The Morgan fingerprint density at radius 3 is 3.05 bits per heavy atom. The minimum absolute atomic E-state index is 0.154. The largest absolute Gasteiger partial charge is 0.360 e. The summed E-state index contributed by atoms with van der Waals surface area (Å²) in [5.74, 6) is 0.632. The Hall–Kier alpha value is -2.41. The van der Waals surface area contributed by atoms with Crippen LogP contribution in [0.15, 0.2) is 28.8 Å². The Morgan fingerprint density at radius 1 is 1.41 bits per heavy atom. The molecule has 0 unspecified atom stereocenters. The van der Waals surface area contributed by atoms with Crippen LogP contribution >= 0.6 is 11.6 Å². The molecule has 6 nitrogen and oxygen atoms in total. The molecule has 0 bridgehead atoms. The van der Waals surface area contributed by atoms with Crippen LogP contribution in [-0.2, 0) is 17.8 Å². The van der Waals surface area contributed by atoms with Crippen molar-refractivity contribution in [1.29, 1.82) is 0 Å². The van der Waals surface area contributed by atoms with Crippen LogP contribution in [-0.4, -0.2) is 21.0 Å². The van der Waals surface area contributed by atoms with Gasteiger partial charge in [-0.15, -0.1) is 0 Å². The van der Waals surface area contributed by atoms with E-state index in [9.17, 15) is 9.18 Å². The van der Waals surface area contributed by atoms with Gasteiger partial charge in [-0.3, -0.25) is 4.79 Å². The number of fused-ring (bicyclic) bond motifs is 1. The van der Waals surface area contributed by atoms with Crippen molar-refractivity contribution in [1.82, 2.24) is 20.4 Å². The monoisotopic (exact) mass is 322 g/mol. The summed E-state index contributed by atoms with van der Waals surface area (Å²) in [4.78, 5) is 19.0. The first-order valence-electron chi connectivity index (χ1n) is 6.62. The van der Waals surface area contributed by atoms with E-state index in [1.807, 2.05) is 0 Å². The molecule has 0 atom stereocenters. The van der Waals surface area contributed by atoms with Crippen molar-refractivity contribution in [2.45, 2.75) is 19.4 Å². The van der Waals surface area contributed by atoms with Crippen LogP contribution in [0.25, 0.3) is 11.0 Å². The van der Waals surface area contributed by atoms with Crippen LogP contribution in [0, 0.1) is 5.82 Å². The third-order valence-corrected chi connectivity index (χ3v) is 3.25. The summed E-state index contributed by atoms with van der Waals surface area (Å²) in [6.07, 6.45) is 0.664. The van der Waals surface area contributed by atoms with E-state index in [1.165, 1.54) is 12.1 Å². The number of carbonyl (C=O) groups is 1. The number of nitrogens with zero attached hydrogens (tertiary/aromatic N) is 2. The molecule has 0 aliphatic heterocycles. The molecule has 114 valence electrons. The van der Waals surface area contributed by atoms with Gasteiger partial charge in [0.05, 0.1) is 17.6 Å². The highest BCUT2D eigenvalue weighted by molar-refractivity contribution is 6.29. The number of imidazole rings is 1. The minimum atomic E-state index is -0.336. The van der Waals surface area contributed by atoms with Crippen LogP contribution in [0.5, 0.6) is 0 Å². The van der Waals surface area contributed by atoms with E-state index in [2.05, 4.69) is 20.4 Å². The molecule has 2 aromatic heterocycles. The molecule has 1 aromatic carbocycles.